The van der Waals surface area contributed by atoms with Crippen LogP contribution in [0.3, 0.4) is 0 Å². The second kappa shape index (κ2) is 8.16. The number of amides is 1. The molecule has 7 nitrogen and oxygen atoms in total. The summed E-state index contributed by atoms with van der Waals surface area (Å²) < 4.78 is 32.1. The van der Waals surface area contributed by atoms with Gasteiger partial charge in [0.2, 0.25) is 15.9 Å². The molecule has 25 heavy (non-hydrogen) atoms. The molecule has 1 aliphatic heterocycles. The smallest absolute Gasteiger partial charge is 0.243 e. The van der Waals surface area contributed by atoms with Gasteiger partial charge in [-0.05, 0) is 36.6 Å². The first-order chi connectivity index (χ1) is 11.8. The molecule has 1 amide bonds. The Kier molecular flexibility index (Phi) is 6.42. The zero-order chi connectivity index (χ0) is 18.6. The third-order valence-corrected chi connectivity index (χ3v) is 6.38. The first-order valence-corrected chi connectivity index (χ1v) is 9.90. The second-order valence-corrected chi connectivity index (χ2v) is 8.47. The number of benzene rings is 1. The molecule has 0 radical (unpaired) electrons. The number of sulfonamides is 1. The zero-order valence-electron chi connectivity index (χ0n) is 15.0. The van der Waals surface area contributed by atoms with Gasteiger partial charge in [0.25, 0.3) is 0 Å². The van der Waals surface area contributed by atoms with Gasteiger partial charge in [-0.25, -0.2) is 8.42 Å². The van der Waals surface area contributed by atoms with Crippen molar-refractivity contribution in [2.75, 3.05) is 33.3 Å². The van der Waals surface area contributed by atoms with Crippen molar-refractivity contribution in [1.29, 1.82) is 0 Å². The summed E-state index contributed by atoms with van der Waals surface area (Å²) in [5, 5.41) is 0. The molecule has 1 heterocycles. The Balaban J connectivity index is 2.10. The van der Waals surface area contributed by atoms with Gasteiger partial charge < -0.3 is 15.4 Å². The summed E-state index contributed by atoms with van der Waals surface area (Å²) in [7, 11) is -2.05. The van der Waals surface area contributed by atoms with Crippen molar-refractivity contribution in [2.24, 2.45) is 11.7 Å². The summed E-state index contributed by atoms with van der Waals surface area (Å²) in [6.07, 6.45) is 0.589. The molecule has 1 aliphatic rings. The lowest BCUT2D eigenvalue weighted by Crippen LogP contribution is -2.47. The van der Waals surface area contributed by atoms with Gasteiger partial charge in [-0.15, -0.1) is 0 Å². The standard InChI is InChI=1S/C17H27N3O4S/c1-13(2)16(18)17(21)19-9-4-10-20(12-11-19)25(22,23)15-7-5-14(24-3)6-8-15/h5-8,13,16H,4,9-12,18H2,1-3H3/t16-/m0/s1. The zero-order valence-corrected chi connectivity index (χ0v) is 15.8. The van der Waals surface area contributed by atoms with E-state index in [1.165, 1.54) is 23.5 Å². The number of ether oxygens (including phenoxy) is 1. The van der Waals surface area contributed by atoms with E-state index in [4.69, 9.17) is 10.5 Å². The average molecular weight is 369 g/mol. The Morgan fingerprint density at radius 3 is 2.32 bits per heavy atom. The predicted molar refractivity (Wildman–Crippen MR) is 95.8 cm³/mol. The first kappa shape index (κ1) is 19.7. The van der Waals surface area contributed by atoms with Gasteiger partial charge in [0.1, 0.15) is 5.75 Å². The van der Waals surface area contributed by atoms with Crippen LogP contribution in [0.2, 0.25) is 0 Å². The Morgan fingerprint density at radius 2 is 1.76 bits per heavy atom. The number of nitrogens with zero attached hydrogens (tertiary/aromatic N) is 2. The number of nitrogens with two attached hydrogens (primary N) is 1. The lowest BCUT2D eigenvalue weighted by atomic mass is 10.0. The van der Waals surface area contributed by atoms with Crippen LogP contribution in [0.5, 0.6) is 5.75 Å². The van der Waals surface area contributed by atoms with Crippen LogP contribution < -0.4 is 10.5 Å². The topological polar surface area (TPSA) is 92.9 Å². The Hall–Kier alpha value is -1.64. The van der Waals surface area contributed by atoms with Gasteiger partial charge in [-0.1, -0.05) is 13.8 Å². The summed E-state index contributed by atoms with van der Waals surface area (Å²) in [4.78, 5) is 14.3. The molecule has 2 N–H and O–H groups in total. The van der Waals surface area contributed by atoms with Gasteiger partial charge in [0, 0.05) is 26.2 Å². The van der Waals surface area contributed by atoms with Crippen LogP contribution in [0.4, 0.5) is 0 Å². The maximum atomic E-state index is 12.8. The fourth-order valence-corrected chi connectivity index (χ4v) is 4.22. The molecular weight excluding hydrogens is 342 g/mol. The molecule has 0 saturated carbocycles. The monoisotopic (exact) mass is 369 g/mol. The highest BCUT2D eigenvalue weighted by Crippen LogP contribution is 2.21. The SMILES string of the molecule is COc1ccc(S(=O)(=O)N2CCCN(C(=O)[C@@H](N)C(C)C)CC2)cc1. The maximum absolute atomic E-state index is 12.8. The van der Waals surface area contributed by atoms with Gasteiger partial charge >= 0.3 is 0 Å². The molecule has 1 aromatic rings. The molecule has 1 fully saturated rings. The van der Waals surface area contributed by atoms with E-state index < -0.39 is 16.1 Å². The van der Waals surface area contributed by atoms with E-state index in [1.807, 2.05) is 13.8 Å². The van der Waals surface area contributed by atoms with E-state index in [-0.39, 0.29) is 23.3 Å². The van der Waals surface area contributed by atoms with E-state index in [0.29, 0.717) is 31.8 Å². The molecule has 140 valence electrons. The summed E-state index contributed by atoms with van der Waals surface area (Å²) in [5.74, 6) is 0.544. The molecule has 2 rings (SSSR count). The quantitative estimate of drug-likeness (QED) is 0.832. The lowest BCUT2D eigenvalue weighted by molar-refractivity contribution is -0.133. The van der Waals surface area contributed by atoms with Crippen molar-refractivity contribution < 1.29 is 17.9 Å². The van der Waals surface area contributed by atoms with Crippen molar-refractivity contribution in [3.8, 4) is 5.75 Å². The number of hydrogen-bond acceptors (Lipinski definition) is 5. The second-order valence-electron chi connectivity index (χ2n) is 6.53. The van der Waals surface area contributed by atoms with Crippen LogP contribution in [0.25, 0.3) is 0 Å². The van der Waals surface area contributed by atoms with E-state index >= 15 is 0 Å². The molecule has 0 bridgehead atoms. The highest BCUT2D eigenvalue weighted by molar-refractivity contribution is 7.89. The molecular formula is C17H27N3O4S. The minimum Gasteiger partial charge on any atom is -0.497 e. The molecule has 1 aromatic carbocycles. The molecule has 1 saturated heterocycles. The number of carbonyl (C=O) groups is 1. The van der Waals surface area contributed by atoms with E-state index in [9.17, 15) is 13.2 Å². The van der Waals surface area contributed by atoms with Crippen LogP contribution in [0, 0.1) is 5.92 Å². The predicted octanol–water partition coefficient (Wildman–Crippen LogP) is 0.902. The highest BCUT2D eigenvalue weighted by atomic mass is 32.2. The summed E-state index contributed by atoms with van der Waals surface area (Å²) in [6, 6.07) is 5.78. The van der Waals surface area contributed by atoms with Gasteiger partial charge in [0.05, 0.1) is 18.0 Å². The van der Waals surface area contributed by atoms with Gasteiger partial charge in [-0.3, -0.25) is 4.79 Å². The number of rotatable bonds is 5. The number of methoxy groups -OCH3 is 1. The highest BCUT2D eigenvalue weighted by Gasteiger charge is 2.30. The van der Waals surface area contributed by atoms with Gasteiger partial charge in [0.15, 0.2) is 0 Å². The van der Waals surface area contributed by atoms with Crippen LogP contribution in [-0.4, -0.2) is 62.9 Å². The Morgan fingerprint density at radius 1 is 1.12 bits per heavy atom. The molecule has 0 spiro atoms. The fourth-order valence-electron chi connectivity index (χ4n) is 2.75. The molecule has 0 unspecified atom stereocenters. The largest absolute Gasteiger partial charge is 0.497 e. The third-order valence-electron chi connectivity index (χ3n) is 4.47. The van der Waals surface area contributed by atoms with E-state index in [0.717, 1.165) is 0 Å². The molecule has 0 aliphatic carbocycles. The Bertz CT molecular complexity index is 688. The van der Waals surface area contributed by atoms with Crippen LogP contribution in [0.15, 0.2) is 29.2 Å². The fraction of sp³-hybridized carbons (Fsp3) is 0.588. The molecule has 8 heteroatoms. The van der Waals surface area contributed by atoms with Crippen molar-refractivity contribution in [1.82, 2.24) is 9.21 Å². The number of carbonyl (C=O) groups excluding carboxylic acids is 1. The Labute approximate surface area is 149 Å². The van der Waals surface area contributed by atoms with Crippen LogP contribution in [-0.2, 0) is 14.8 Å². The molecule has 1 atom stereocenters. The van der Waals surface area contributed by atoms with Crippen molar-refractivity contribution >= 4 is 15.9 Å². The summed E-state index contributed by atoms with van der Waals surface area (Å²) in [6.45, 7) is 5.34. The lowest BCUT2D eigenvalue weighted by Gasteiger charge is -2.26. The van der Waals surface area contributed by atoms with Crippen LogP contribution in [0.1, 0.15) is 20.3 Å². The van der Waals surface area contributed by atoms with Crippen LogP contribution >= 0.6 is 0 Å². The maximum Gasteiger partial charge on any atom is 0.243 e. The number of hydrogen-bond donors (Lipinski definition) is 1. The van der Waals surface area contributed by atoms with Crippen molar-refractivity contribution in [3.05, 3.63) is 24.3 Å². The summed E-state index contributed by atoms with van der Waals surface area (Å²) >= 11 is 0. The minimum absolute atomic E-state index is 0.0508. The van der Waals surface area contributed by atoms with Gasteiger partial charge in [-0.2, -0.15) is 4.31 Å². The summed E-state index contributed by atoms with van der Waals surface area (Å²) in [5.41, 5.74) is 5.95. The van der Waals surface area contributed by atoms with Crippen molar-refractivity contribution in [2.45, 2.75) is 31.2 Å². The van der Waals surface area contributed by atoms with Crippen molar-refractivity contribution in [3.63, 3.8) is 0 Å². The third kappa shape index (κ3) is 4.50. The first-order valence-electron chi connectivity index (χ1n) is 8.46. The normalized spacial score (nSPS) is 18.0. The molecule has 0 aromatic heterocycles. The minimum atomic E-state index is -3.59. The van der Waals surface area contributed by atoms with E-state index in [2.05, 4.69) is 0 Å². The average Bonchev–Trinajstić information content (AvgIpc) is 2.87. The van der Waals surface area contributed by atoms with E-state index in [1.54, 1.807) is 17.0 Å².